The lowest BCUT2D eigenvalue weighted by Crippen LogP contribution is -2.34. The molecule has 0 fully saturated rings. The van der Waals surface area contributed by atoms with Crippen LogP contribution in [0.2, 0.25) is 0 Å². The predicted octanol–water partition coefficient (Wildman–Crippen LogP) is 4.71. The zero-order valence-electron chi connectivity index (χ0n) is 20.1. The van der Waals surface area contributed by atoms with Crippen LogP contribution in [-0.4, -0.2) is 38.3 Å². The SMILES string of the molecule is COc1cc(C(=O)NC(=S)Nc2ccccc2C(=O)Nc2ccc(C)c(C)c2)cc(OC)c1OC. The van der Waals surface area contributed by atoms with Crippen molar-refractivity contribution < 1.29 is 23.8 Å². The number of carbonyl (C=O) groups excluding carboxylic acids is 2. The van der Waals surface area contributed by atoms with Crippen molar-refractivity contribution in [1.82, 2.24) is 5.32 Å². The van der Waals surface area contributed by atoms with E-state index < -0.39 is 5.91 Å². The predicted molar refractivity (Wildman–Crippen MR) is 140 cm³/mol. The fourth-order valence-corrected chi connectivity index (χ4v) is 3.55. The molecule has 0 bridgehead atoms. The summed E-state index contributed by atoms with van der Waals surface area (Å²) < 4.78 is 15.9. The molecule has 0 heterocycles. The van der Waals surface area contributed by atoms with E-state index in [1.807, 2.05) is 32.0 Å². The highest BCUT2D eigenvalue weighted by atomic mass is 32.1. The normalized spacial score (nSPS) is 10.2. The number of hydrogen-bond acceptors (Lipinski definition) is 6. The van der Waals surface area contributed by atoms with Gasteiger partial charge in [0.15, 0.2) is 16.6 Å². The second kappa shape index (κ2) is 11.3. The molecule has 0 aliphatic heterocycles. The van der Waals surface area contributed by atoms with E-state index in [4.69, 9.17) is 26.4 Å². The van der Waals surface area contributed by atoms with Crippen LogP contribution in [0.4, 0.5) is 11.4 Å². The summed E-state index contributed by atoms with van der Waals surface area (Å²) in [7, 11) is 4.41. The van der Waals surface area contributed by atoms with Gasteiger partial charge in [0, 0.05) is 11.3 Å². The summed E-state index contributed by atoms with van der Waals surface area (Å²) in [6.45, 7) is 3.99. The topological polar surface area (TPSA) is 97.9 Å². The van der Waals surface area contributed by atoms with Gasteiger partial charge in [-0.15, -0.1) is 0 Å². The van der Waals surface area contributed by atoms with Crippen molar-refractivity contribution in [1.29, 1.82) is 0 Å². The molecule has 0 spiro atoms. The molecule has 182 valence electrons. The summed E-state index contributed by atoms with van der Waals surface area (Å²) in [6.07, 6.45) is 0. The third-order valence-electron chi connectivity index (χ3n) is 5.34. The van der Waals surface area contributed by atoms with Gasteiger partial charge in [0.2, 0.25) is 5.75 Å². The number of thiocarbonyl (C=S) groups is 1. The lowest BCUT2D eigenvalue weighted by Gasteiger charge is -2.16. The Morgan fingerprint density at radius 2 is 1.43 bits per heavy atom. The fraction of sp³-hybridized carbons (Fsp3) is 0.192. The van der Waals surface area contributed by atoms with Crippen LogP contribution in [0.15, 0.2) is 54.6 Å². The molecule has 3 aromatic rings. The molecule has 0 radical (unpaired) electrons. The Bertz CT molecular complexity index is 1250. The molecular formula is C26H27N3O5S. The minimum absolute atomic E-state index is 0.0233. The number of nitrogens with one attached hydrogen (secondary N) is 3. The van der Waals surface area contributed by atoms with E-state index in [1.54, 1.807) is 24.3 Å². The van der Waals surface area contributed by atoms with Crippen molar-refractivity contribution in [3.05, 3.63) is 76.9 Å². The second-order valence-corrected chi connectivity index (χ2v) is 8.03. The van der Waals surface area contributed by atoms with E-state index in [0.29, 0.717) is 34.2 Å². The standard InChI is InChI=1S/C26H27N3O5S/c1-15-10-11-18(12-16(15)2)27-25(31)19-8-6-7-9-20(19)28-26(35)29-24(30)17-13-21(32-3)23(34-5)22(14-17)33-4/h6-14H,1-5H3,(H,27,31)(H2,28,29,30,35). The van der Waals surface area contributed by atoms with Crippen molar-refractivity contribution in [3.8, 4) is 17.2 Å². The Labute approximate surface area is 209 Å². The number of carbonyl (C=O) groups is 2. The van der Waals surface area contributed by atoms with E-state index in [2.05, 4.69) is 16.0 Å². The van der Waals surface area contributed by atoms with E-state index in [9.17, 15) is 9.59 Å². The largest absolute Gasteiger partial charge is 0.493 e. The van der Waals surface area contributed by atoms with Crippen LogP contribution in [0, 0.1) is 13.8 Å². The van der Waals surface area contributed by atoms with Crippen LogP contribution in [0.25, 0.3) is 0 Å². The molecule has 35 heavy (non-hydrogen) atoms. The second-order valence-electron chi connectivity index (χ2n) is 7.62. The summed E-state index contributed by atoms with van der Waals surface area (Å²) in [5.74, 6) is 0.248. The van der Waals surface area contributed by atoms with E-state index >= 15 is 0 Å². The van der Waals surface area contributed by atoms with Gasteiger partial charge in [-0.3, -0.25) is 14.9 Å². The number of ether oxygens (including phenoxy) is 3. The number of para-hydroxylation sites is 1. The summed E-state index contributed by atoms with van der Waals surface area (Å²) in [4.78, 5) is 25.8. The van der Waals surface area contributed by atoms with E-state index in [0.717, 1.165) is 11.1 Å². The zero-order chi connectivity index (χ0) is 25.5. The molecule has 9 heteroatoms. The van der Waals surface area contributed by atoms with Crippen molar-refractivity contribution in [3.63, 3.8) is 0 Å². The maximum absolute atomic E-state index is 12.9. The van der Waals surface area contributed by atoms with Gasteiger partial charge in [-0.1, -0.05) is 18.2 Å². The number of aryl methyl sites for hydroxylation is 2. The smallest absolute Gasteiger partial charge is 0.257 e. The molecule has 0 aliphatic rings. The quantitative estimate of drug-likeness (QED) is 0.410. The lowest BCUT2D eigenvalue weighted by molar-refractivity contribution is 0.0976. The molecule has 0 saturated carbocycles. The first-order chi connectivity index (χ1) is 16.8. The molecule has 8 nitrogen and oxygen atoms in total. The first-order valence-corrected chi connectivity index (χ1v) is 11.1. The number of rotatable bonds is 7. The molecule has 2 amide bonds. The average molecular weight is 494 g/mol. The zero-order valence-corrected chi connectivity index (χ0v) is 21.0. The highest BCUT2D eigenvalue weighted by Crippen LogP contribution is 2.38. The molecule has 0 unspecified atom stereocenters. The number of amides is 2. The molecule has 0 aromatic heterocycles. The first kappa shape index (κ1) is 25.5. The number of hydrogen-bond donors (Lipinski definition) is 3. The molecule has 3 N–H and O–H groups in total. The van der Waals surface area contributed by atoms with Crippen LogP contribution in [-0.2, 0) is 0 Å². The average Bonchev–Trinajstić information content (AvgIpc) is 2.85. The van der Waals surface area contributed by atoms with E-state index in [1.165, 1.54) is 33.5 Å². The Hall–Kier alpha value is -4.11. The van der Waals surface area contributed by atoms with Crippen molar-refractivity contribution >= 4 is 40.5 Å². The molecular weight excluding hydrogens is 466 g/mol. The maximum Gasteiger partial charge on any atom is 0.257 e. The number of anilines is 2. The van der Waals surface area contributed by atoms with Gasteiger partial charge in [-0.25, -0.2) is 0 Å². The van der Waals surface area contributed by atoms with Crippen LogP contribution >= 0.6 is 12.2 Å². The van der Waals surface area contributed by atoms with Crippen LogP contribution in [0.5, 0.6) is 17.2 Å². The van der Waals surface area contributed by atoms with Gasteiger partial charge in [-0.2, -0.15) is 0 Å². The van der Waals surface area contributed by atoms with Crippen molar-refractivity contribution in [2.45, 2.75) is 13.8 Å². The monoisotopic (exact) mass is 493 g/mol. The minimum Gasteiger partial charge on any atom is -0.493 e. The summed E-state index contributed by atoms with van der Waals surface area (Å²) in [5, 5.41) is 8.46. The van der Waals surface area contributed by atoms with Gasteiger partial charge in [-0.05, 0) is 73.6 Å². The Morgan fingerprint density at radius 3 is 2.03 bits per heavy atom. The molecule has 0 saturated heterocycles. The third-order valence-corrected chi connectivity index (χ3v) is 5.54. The van der Waals surface area contributed by atoms with Crippen molar-refractivity contribution in [2.75, 3.05) is 32.0 Å². The summed E-state index contributed by atoms with van der Waals surface area (Å²) in [6, 6.07) is 15.6. The molecule has 3 aromatic carbocycles. The van der Waals surface area contributed by atoms with Gasteiger partial charge >= 0.3 is 0 Å². The fourth-order valence-electron chi connectivity index (χ4n) is 3.35. The molecule has 3 rings (SSSR count). The first-order valence-electron chi connectivity index (χ1n) is 10.7. The van der Waals surface area contributed by atoms with Crippen molar-refractivity contribution in [2.24, 2.45) is 0 Å². The highest BCUT2D eigenvalue weighted by molar-refractivity contribution is 7.80. The van der Waals surface area contributed by atoms with Crippen LogP contribution in [0.3, 0.4) is 0 Å². The third kappa shape index (κ3) is 6.07. The van der Waals surface area contributed by atoms with Gasteiger partial charge in [0.05, 0.1) is 32.6 Å². The maximum atomic E-state index is 12.9. The van der Waals surface area contributed by atoms with Crippen LogP contribution in [0.1, 0.15) is 31.8 Å². The van der Waals surface area contributed by atoms with Crippen LogP contribution < -0.4 is 30.2 Å². The Morgan fingerprint density at radius 1 is 0.771 bits per heavy atom. The van der Waals surface area contributed by atoms with Gasteiger partial charge in [0.25, 0.3) is 11.8 Å². The number of benzene rings is 3. The van der Waals surface area contributed by atoms with E-state index in [-0.39, 0.29) is 16.6 Å². The summed E-state index contributed by atoms with van der Waals surface area (Å²) >= 11 is 5.33. The minimum atomic E-state index is -0.487. The Balaban J connectivity index is 1.75. The molecule has 0 aliphatic carbocycles. The molecule has 0 atom stereocenters. The Kier molecular flexibility index (Phi) is 8.27. The van der Waals surface area contributed by atoms with Gasteiger partial charge < -0.3 is 24.8 Å². The van der Waals surface area contributed by atoms with Gasteiger partial charge in [0.1, 0.15) is 0 Å². The highest BCUT2D eigenvalue weighted by Gasteiger charge is 2.18. The summed E-state index contributed by atoms with van der Waals surface area (Å²) in [5.41, 5.74) is 3.97. The lowest BCUT2D eigenvalue weighted by atomic mass is 10.1. The number of methoxy groups -OCH3 is 3.